The maximum atomic E-state index is 13.3. The number of hydrogen-bond acceptors (Lipinski definition) is 2. The van der Waals surface area contributed by atoms with Gasteiger partial charge in [-0.2, -0.15) is 13.2 Å². The maximum Gasteiger partial charge on any atom is 0.449 e. The first-order valence-corrected chi connectivity index (χ1v) is 6.99. The van der Waals surface area contributed by atoms with E-state index in [0.29, 0.717) is 15.8 Å². The number of aromatic nitrogens is 3. The molecule has 1 N–H and O–H groups in total. The van der Waals surface area contributed by atoms with Gasteiger partial charge in [-0.05, 0) is 31.0 Å². The molecule has 3 rings (SSSR count). The Labute approximate surface area is 129 Å². The summed E-state index contributed by atoms with van der Waals surface area (Å²) in [5, 5.41) is 0.157. The van der Waals surface area contributed by atoms with Crippen molar-refractivity contribution in [3.8, 4) is 0 Å². The van der Waals surface area contributed by atoms with Crippen molar-refractivity contribution in [2.24, 2.45) is 0 Å². The summed E-state index contributed by atoms with van der Waals surface area (Å²) in [4.78, 5) is 18.9. The molecule has 0 radical (unpaired) electrons. The Bertz CT molecular complexity index is 938. The first-order chi connectivity index (χ1) is 10.8. The number of alkyl halides is 3. The van der Waals surface area contributed by atoms with Crippen LogP contribution in [0, 0.1) is 13.8 Å². The predicted molar refractivity (Wildman–Crippen MR) is 80.4 cm³/mol. The molecule has 23 heavy (non-hydrogen) atoms. The van der Waals surface area contributed by atoms with Gasteiger partial charge in [0.05, 0.1) is 11.9 Å². The Balaban J connectivity index is 2.27. The van der Waals surface area contributed by atoms with Crippen LogP contribution in [0.5, 0.6) is 0 Å². The van der Waals surface area contributed by atoms with Crippen LogP contribution in [0.3, 0.4) is 0 Å². The highest BCUT2D eigenvalue weighted by molar-refractivity contribution is 5.75. The van der Waals surface area contributed by atoms with Crippen molar-refractivity contribution >= 4 is 11.0 Å². The standard InChI is InChI=1S/C16H14F3N3O/c1-9-5-3-4-6-11(9)8-22-14(23)12-7-10(2)20-13(12)21-15(22)16(17,18)19/h3-7,20H,8H2,1-2H3. The zero-order valence-electron chi connectivity index (χ0n) is 12.5. The Morgan fingerprint density at radius 1 is 1.22 bits per heavy atom. The fraction of sp³-hybridized carbons (Fsp3) is 0.250. The van der Waals surface area contributed by atoms with Crippen molar-refractivity contribution < 1.29 is 13.2 Å². The molecule has 1 aromatic carbocycles. The second kappa shape index (κ2) is 5.26. The minimum absolute atomic E-state index is 0.0409. The summed E-state index contributed by atoms with van der Waals surface area (Å²) in [5.41, 5.74) is 1.31. The summed E-state index contributed by atoms with van der Waals surface area (Å²) in [6.45, 7) is 3.29. The summed E-state index contributed by atoms with van der Waals surface area (Å²) in [6.07, 6.45) is -4.71. The Morgan fingerprint density at radius 3 is 2.57 bits per heavy atom. The van der Waals surface area contributed by atoms with Crippen LogP contribution in [-0.2, 0) is 12.7 Å². The molecule has 0 aliphatic heterocycles. The van der Waals surface area contributed by atoms with Crippen LogP contribution in [0.2, 0.25) is 0 Å². The molecular weight excluding hydrogens is 307 g/mol. The topological polar surface area (TPSA) is 50.7 Å². The van der Waals surface area contributed by atoms with Crippen molar-refractivity contribution in [1.82, 2.24) is 14.5 Å². The highest BCUT2D eigenvalue weighted by Crippen LogP contribution is 2.28. The minimum Gasteiger partial charge on any atom is -0.343 e. The van der Waals surface area contributed by atoms with Crippen LogP contribution in [0.15, 0.2) is 35.1 Å². The van der Waals surface area contributed by atoms with Gasteiger partial charge in [-0.15, -0.1) is 0 Å². The fourth-order valence-corrected chi connectivity index (χ4v) is 2.56. The molecule has 0 aliphatic rings. The lowest BCUT2D eigenvalue weighted by Gasteiger charge is -2.15. The first kappa shape index (κ1) is 15.3. The lowest BCUT2D eigenvalue weighted by molar-refractivity contribution is -0.147. The van der Waals surface area contributed by atoms with Gasteiger partial charge in [-0.1, -0.05) is 24.3 Å². The molecule has 2 heterocycles. The van der Waals surface area contributed by atoms with Gasteiger partial charge in [0.2, 0.25) is 5.82 Å². The van der Waals surface area contributed by atoms with E-state index in [0.717, 1.165) is 5.56 Å². The van der Waals surface area contributed by atoms with Gasteiger partial charge in [-0.25, -0.2) is 4.98 Å². The number of aryl methyl sites for hydroxylation is 2. The average Bonchev–Trinajstić information content (AvgIpc) is 2.84. The van der Waals surface area contributed by atoms with Crippen molar-refractivity contribution in [1.29, 1.82) is 0 Å². The summed E-state index contributed by atoms with van der Waals surface area (Å²) in [6, 6.07) is 8.53. The van der Waals surface area contributed by atoms with Gasteiger partial charge in [-0.3, -0.25) is 9.36 Å². The van der Waals surface area contributed by atoms with Crippen molar-refractivity contribution in [2.75, 3.05) is 0 Å². The minimum atomic E-state index is -4.71. The summed E-state index contributed by atoms with van der Waals surface area (Å²) in [7, 11) is 0. The second-order valence-electron chi connectivity index (χ2n) is 5.47. The van der Waals surface area contributed by atoms with E-state index in [-0.39, 0.29) is 17.6 Å². The van der Waals surface area contributed by atoms with Gasteiger partial charge >= 0.3 is 6.18 Å². The van der Waals surface area contributed by atoms with Gasteiger partial charge in [0.1, 0.15) is 5.65 Å². The van der Waals surface area contributed by atoms with E-state index in [4.69, 9.17) is 0 Å². The molecule has 7 heteroatoms. The van der Waals surface area contributed by atoms with E-state index in [9.17, 15) is 18.0 Å². The van der Waals surface area contributed by atoms with E-state index in [2.05, 4.69) is 9.97 Å². The van der Waals surface area contributed by atoms with E-state index in [1.54, 1.807) is 38.1 Å². The molecule has 0 saturated carbocycles. The molecule has 0 atom stereocenters. The SMILES string of the molecule is Cc1cc2c(=O)n(Cc3ccccc3C)c(C(F)(F)F)nc2[nH]1. The van der Waals surface area contributed by atoms with Crippen LogP contribution in [0.4, 0.5) is 13.2 Å². The number of aromatic amines is 1. The van der Waals surface area contributed by atoms with Crippen LogP contribution in [-0.4, -0.2) is 14.5 Å². The van der Waals surface area contributed by atoms with Gasteiger partial charge in [0.15, 0.2) is 0 Å². The molecular formula is C16H14F3N3O. The van der Waals surface area contributed by atoms with Crippen LogP contribution < -0.4 is 5.56 Å². The smallest absolute Gasteiger partial charge is 0.343 e. The maximum absolute atomic E-state index is 13.3. The molecule has 0 amide bonds. The van der Waals surface area contributed by atoms with E-state index < -0.39 is 17.6 Å². The fourth-order valence-electron chi connectivity index (χ4n) is 2.56. The van der Waals surface area contributed by atoms with Crippen molar-refractivity contribution in [3.63, 3.8) is 0 Å². The number of fused-ring (bicyclic) bond motifs is 1. The highest BCUT2D eigenvalue weighted by atomic mass is 19.4. The number of hydrogen-bond donors (Lipinski definition) is 1. The lowest BCUT2D eigenvalue weighted by atomic mass is 10.1. The zero-order valence-corrected chi connectivity index (χ0v) is 12.5. The van der Waals surface area contributed by atoms with Crippen molar-refractivity contribution in [3.05, 3.63) is 63.3 Å². The molecule has 3 aromatic rings. The molecule has 2 aromatic heterocycles. The number of rotatable bonds is 2. The third kappa shape index (κ3) is 2.74. The van der Waals surface area contributed by atoms with E-state index >= 15 is 0 Å². The number of benzene rings is 1. The molecule has 0 saturated heterocycles. The molecule has 120 valence electrons. The van der Waals surface area contributed by atoms with Crippen molar-refractivity contribution in [2.45, 2.75) is 26.6 Å². The van der Waals surface area contributed by atoms with Crippen LogP contribution in [0.25, 0.3) is 11.0 Å². The quantitative estimate of drug-likeness (QED) is 0.786. The number of halogens is 3. The zero-order chi connectivity index (χ0) is 16.8. The Kier molecular flexibility index (Phi) is 3.50. The molecule has 0 bridgehead atoms. The summed E-state index contributed by atoms with van der Waals surface area (Å²) < 4.78 is 40.7. The summed E-state index contributed by atoms with van der Waals surface area (Å²) in [5.74, 6) is -1.19. The number of H-pyrrole nitrogens is 1. The molecule has 0 unspecified atom stereocenters. The Morgan fingerprint density at radius 2 is 1.91 bits per heavy atom. The highest BCUT2D eigenvalue weighted by Gasteiger charge is 2.37. The Hall–Kier alpha value is -2.57. The first-order valence-electron chi connectivity index (χ1n) is 6.99. The van der Waals surface area contributed by atoms with Gasteiger partial charge < -0.3 is 4.98 Å². The second-order valence-corrected chi connectivity index (χ2v) is 5.47. The molecule has 0 aliphatic carbocycles. The predicted octanol–water partition coefficient (Wildman–Crippen LogP) is 3.41. The average molecular weight is 321 g/mol. The van der Waals surface area contributed by atoms with Crippen LogP contribution in [0.1, 0.15) is 22.6 Å². The molecule has 0 spiro atoms. The van der Waals surface area contributed by atoms with E-state index in [1.807, 2.05) is 0 Å². The normalized spacial score (nSPS) is 12.0. The van der Waals surface area contributed by atoms with Crippen LogP contribution >= 0.6 is 0 Å². The number of nitrogens with zero attached hydrogens (tertiary/aromatic N) is 2. The van der Waals surface area contributed by atoms with E-state index in [1.165, 1.54) is 6.07 Å². The van der Waals surface area contributed by atoms with Gasteiger partial charge in [0.25, 0.3) is 5.56 Å². The van der Waals surface area contributed by atoms with Gasteiger partial charge in [0, 0.05) is 5.69 Å². The third-order valence-electron chi connectivity index (χ3n) is 3.72. The summed E-state index contributed by atoms with van der Waals surface area (Å²) >= 11 is 0. The lowest BCUT2D eigenvalue weighted by Crippen LogP contribution is -2.30. The molecule has 0 fully saturated rings. The molecule has 4 nitrogen and oxygen atoms in total. The number of nitrogens with one attached hydrogen (secondary N) is 1. The monoisotopic (exact) mass is 321 g/mol. The largest absolute Gasteiger partial charge is 0.449 e. The third-order valence-corrected chi connectivity index (χ3v) is 3.72.